The molecule has 12 heavy (non-hydrogen) atoms. The molecule has 0 bridgehead atoms. The van der Waals surface area contributed by atoms with Gasteiger partial charge in [0.15, 0.2) is 0 Å². The molecule has 0 N–H and O–H groups in total. The summed E-state index contributed by atoms with van der Waals surface area (Å²) in [5, 5.41) is 0.560. The van der Waals surface area contributed by atoms with E-state index in [2.05, 4.69) is 47.9 Å². The first-order valence-corrected chi connectivity index (χ1v) is 4.86. The molecule has 1 atom stereocenters. The monoisotopic (exact) mass is 179 g/mol. The first-order chi connectivity index (χ1) is 5.86. The van der Waals surface area contributed by atoms with Gasteiger partial charge < -0.3 is 4.90 Å². The maximum absolute atomic E-state index is 4.46. The summed E-state index contributed by atoms with van der Waals surface area (Å²) in [6.45, 7) is 2.24. The van der Waals surface area contributed by atoms with E-state index in [0.29, 0.717) is 5.25 Å². The number of hydrogen-bond acceptors (Lipinski definition) is 2. The highest BCUT2D eigenvalue weighted by Crippen LogP contribution is 2.21. The van der Waals surface area contributed by atoms with Crippen molar-refractivity contribution in [2.45, 2.75) is 11.7 Å². The molecule has 2 heteroatoms. The van der Waals surface area contributed by atoms with Gasteiger partial charge in [-0.2, -0.15) is 12.6 Å². The van der Waals surface area contributed by atoms with Crippen LogP contribution in [0.15, 0.2) is 30.3 Å². The van der Waals surface area contributed by atoms with Crippen molar-refractivity contribution in [2.75, 3.05) is 18.0 Å². The van der Waals surface area contributed by atoms with Crippen molar-refractivity contribution < 1.29 is 0 Å². The fourth-order valence-electron chi connectivity index (χ4n) is 1.62. The van der Waals surface area contributed by atoms with Crippen LogP contribution in [0.25, 0.3) is 0 Å². The van der Waals surface area contributed by atoms with E-state index in [1.807, 2.05) is 0 Å². The molecule has 1 aliphatic heterocycles. The first kappa shape index (κ1) is 7.99. The minimum atomic E-state index is 0.560. The van der Waals surface area contributed by atoms with E-state index in [0.717, 1.165) is 13.1 Å². The van der Waals surface area contributed by atoms with Crippen LogP contribution in [-0.4, -0.2) is 18.3 Å². The third-order valence-electron chi connectivity index (χ3n) is 2.28. The minimum Gasteiger partial charge on any atom is -0.370 e. The van der Waals surface area contributed by atoms with Crippen LogP contribution >= 0.6 is 12.6 Å². The summed E-state index contributed by atoms with van der Waals surface area (Å²) in [6.07, 6.45) is 1.21. The zero-order valence-electron chi connectivity index (χ0n) is 6.98. The molecule has 2 rings (SSSR count). The highest BCUT2D eigenvalue weighted by atomic mass is 32.1. The zero-order valence-corrected chi connectivity index (χ0v) is 7.87. The highest BCUT2D eigenvalue weighted by molar-refractivity contribution is 7.81. The van der Waals surface area contributed by atoms with Gasteiger partial charge in [0.2, 0.25) is 0 Å². The molecule has 1 aromatic rings. The SMILES string of the molecule is SC1CCN(c2ccccc2)C1. The smallest absolute Gasteiger partial charge is 0.0366 e. The fraction of sp³-hybridized carbons (Fsp3) is 0.400. The molecule has 1 unspecified atom stereocenters. The van der Waals surface area contributed by atoms with E-state index in [1.165, 1.54) is 12.1 Å². The summed E-state index contributed by atoms with van der Waals surface area (Å²) in [5.74, 6) is 0. The van der Waals surface area contributed by atoms with Crippen LogP contribution in [0.4, 0.5) is 5.69 Å². The van der Waals surface area contributed by atoms with Crippen LogP contribution in [0, 0.1) is 0 Å². The second-order valence-corrected chi connectivity index (χ2v) is 3.95. The van der Waals surface area contributed by atoms with Crippen molar-refractivity contribution in [3.05, 3.63) is 30.3 Å². The van der Waals surface area contributed by atoms with Crippen LogP contribution in [0.5, 0.6) is 0 Å². The minimum absolute atomic E-state index is 0.560. The maximum atomic E-state index is 4.46. The lowest BCUT2D eigenvalue weighted by atomic mass is 10.3. The molecule has 1 saturated heterocycles. The number of benzene rings is 1. The van der Waals surface area contributed by atoms with Crippen LogP contribution in [0.2, 0.25) is 0 Å². The number of para-hydroxylation sites is 1. The average Bonchev–Trinajstić information content (AvgIpc) is 2.54. The van der Waals surface area contributed by atoms with E-state index in [1.54, 1.807) is 0 Å². The molecule has 1 heterocycles. The van der Waals surface area contributed by atoms with Crippen molar-refractivity contribution in [3.63, 3.8) is 0 Å². The number of nitrogens with zero attached hydrogens (tertiary/aromatic N) is 1. The van der Waals surface area contributed by atoms with Crippen molar-refractivity contribution in [1.82, 2.24) is 0 Å². The summed E-state index contributed by atoms with van der Waals surface area (Å²) < 4.78 is 0. The van der Waals surface area contributed by atoms with Gasteiger partial charge in [0.05, 0.1) is 0 Å². The molecule has 0 saturated carbocycles. The Hall–Kier alpha value is -0.630. The van der Waals surface area contributed by atoms with Crippen molar-refractivity contribution in [3.8, 4) is 0 Å². The number of thiol groups is 1. The van der Waals surface area contributed by atoms with Crippen molar-refractivity contribution in [2.24, 2.45) is 0 Å². The molecule has 0 spiro atoms. The zero-order chi connectivity index (χ0) is 8.39. The van der Waals surface area contributed by atoms with Crippen LogP contribution in [0.1, 0.15) is 6.42 Å². The van der Waals surface area contributed by atoms with Crippen LogP contribution in [-0.2, 0) is 0 Å². The number of hydrogen-bond donors (Lipinski definition) is 1. The van der Waals surface area contributed by atoms with Gasteiger partial charge in [0, 0.05) is 24.0 Å². The van der Waals surface area contributed by atoms with Gasteiger partial charge in [0.1, 0.15) is 0 Å². The molecule has 1 nitrogen and oxygen atoms in total. The standard InChI is InChI=1S/C10H13NS/c12-10-6-7-11(8-10)9-4-2-1-3-5-9/h1-5,10,12H,6-8H2. The Morgan fingerprint density at radius 3 is 2.58 bits per heavy atom. The molecule has 64 valence electrons. The van der Waals surface area contributed by atoms with E-state index in [-0.39, 0.29) is 0 Å². The van der Waals surface area contributed by atoms with Gasteiger partial charge in [-0.05, 0) is 18.6 Å². The molecule has 1 aromatic carbocycles. The molecule has 0 aliphatic carbocycles. The Kier molecular flexibility index (Phi) is 2.26. The van der Waals surface area contributed by atoms with Gasteiger partial charge in [0.25, 0.3) is 0 Å². The van der Waals surface area contributed by atoms with Gasteiger partial charge >= 0.3 is 0 Å². The first-order valence-electron chi connectivity index (χ1n) is 4.34. The van der Waals surface area contributed by atoms with Gasteiger partial charge in [-0.25, -0.2) is 0 Å². The second kappa shape index (κ2) is 3.40. The van der Waals surface area contributed by atoms with Gasteiger partial charge in [-0.3, -0.25) is 0 Å². The largest absolute Gasteiger partial charge is 0.370 e. The van der Waals surface area contributed by atoms with Crippen LogP contribution in [0.3, 0.4) is 0 Å². The third-order valence-corrected chi connectivity index (χ3v) is 2.71. The van der Waals surface area contributed by atoms with Gasteiger partial charge in [-0.15, -0.1) is 0 Å². The Balaban J connectivity index is 2.11. The number of rotatable bonds is 1. The topological polar surface area (TPSA) is 3.24 Å². The maximum Gasteiger partial charge on any atom is 0.0366 e. The lowest BCUT2D eigenvalue weighted by Crippen LogP contribution is -2.19. The van der Waals surface area contributed by atoms with E-state index < -0.39 is 0 Å². The number of anilines is 1. The molecular formula is C10H13NS. The van der Waals surface area contributed by atoms with E-state index in [9.17, 15) is 0 Å². The highest BCUT2D eigenvalue weighted by Gasteiger charge is 2.18. The quantitative estimate of drug-likeness (QED) is 0.647. The Morgan fingerprint density at radius 1 is 1.25 bits per heavy atom. The third kappa shape index (κ3) is 1.58. The summed E-state index contributed by atoms with van der Waals surface area (Å²) in [5.41, 5.74) is 1.33. The lowest BCUT2D eigenvalue weighted by molar-refractivity contribution is 0.966. The molecule has 1 aliphatic rings. The Bertz CT molecular complexity index is 247. The lowest BCUT2D eigenvalue weighted by Gasteiger charge is -2.17. The van der Waals surface area contributed by atoms with Crippen LogP contribution < -0.4 is 4.90 Å². The van der Waals surface area contributed by atoms with Crippen molar-refractivity contribution >= 4 is 18.3 Å². The predicted molar refractivity (Wildman–Crippen MR) is 56.0 cm³/mol. The molecule has 1 fully saturated rings. The Morgan fingerprint density at radius 2 is 2.00 bits per heavy atom. The molecule has 0 amide bonds. The summed E-state index contributed by atoms with van der Waals surface area (Å²) in [7, 11) is 0. The second-order valence-electron chi connectivity index (χ2n) is 3.22. The summed E-state index contributed by atoms with van der Waals surface area (Å²) in [4.78, 5) is 2.39. The predicted octanol–water partition coefficient (Wildman–Crippen LogP) is 2.20. The van der Waals surface area contributed by atoms with Crippen molar-refractivity contribution in [1.29, 1.82) is 0 Å². The van der Waals surface area contributed by atoms with E-state index >= 15 is 0 Å². The van der Waals surface area contributed by atoms with Gasteiger partial charge in [-0.1, -0.05) is 18.2 Å². The summed E-state index contributed by atoms with van der Waals surface area (Å²) in [6, 6.07) is 10.5. The molecule has 0 radical (unpaired) electrons. The molecular weight excluding hydrogens is 166 g/mol. The normalized spacial score (nSPS) is 23.1. The molecule has 0 aromatic heterocycles. The average molecular weight is 179 g/mol. The van der Waals surface area contributed by atoms with E-state index in [4.69, 9.17) is 0 Å². The fourth-order valence-corrected chi connectivity index (χ4v) is 1.93. The Labute approximate surface area is 78.8 Å². The summed E-state index contributed by atoms with van der Waals surface area (Å²) >= 11 is 4.46.